The van der Waals surface area contributed by atoms with E-state index in [1.54, 1.807) is 13.2 Å². The summed E-state index contributed by atoms with van der Waals surface area (Å²) in [5.41, 5.74) is 1.12. The van der Waals surface area contributed by atoms with Crippen molar-refractivity contribution < 1.29 is 14.6 Å². The molecule has 0 aliphatic heterocycles. The van der Waals surface area contributed by atoms with Gasteiger partial charge in [-0.3, -0.25) is 0 Å². The fourth-order valence-electron chi connectivity index (χ4n) is 1.77. The van der Waals surface area contributed by atoms with Gasteiger partial charge in [0.15, 0.2) is 0 Å². The van der Waals surface area contributed by atoms with Crippen molar-refractivity contribution in [1.29, 1.82) is 0 Å². The van der Waals surface area contributed by atoms with Crippen LogP contribution < -0.4 is 9.64 Å². The molecule has 5 heteroatoms. The van der Waals surface area contributed by atoms with E-state index in [2.05, 4.69) is 0 Å². The third kappa shape index (κ3) is 3.26. The number of nitrogens with zero attached hydrogens (tertiary/aromatic N) is 1. The van der Waals surface area contributed by atoms with Gasteiger partial charge in [-0.15, -0.1) is 11.3 Å². The maximum atomic E-state index is 10.9. The molecule has 0 fully saturated rings. The van der Waals surface area contributed by atoms with E-state index in [4.69, 9.17) is 9.84 Å². The van der Waals surface area contributed by atoms with Gasteiger partial charge in [-0.2, -0.15) is 0 Å². The molecule has 0 amide bonds. The van der Waals surface area contributed by atoms with Crippen LogP contribution in [0.3, 0.4) is 0 Å². The maximum Gasteiger partial charge on any atom is 0.345 e. The fourth-order valence-corrected chi connectivity index (χ4v) is 2.58. The van der Waals surface area contributed by atoms with Crippen LogP contribution in [0.5, 0.6) is 5.75 Å². The minimum Gasteiger partial charge on any atom is -0.497 e. The molecule has 100 valence electrons. The number of benzene rings is 1. The molecule has 1 N–H and O–H groups in total. The standard InChI is InChI=1S/C14H15NO3S/c1-15(13-7-6-12(19-13)14(16)17)9-10-4-3-5-11(8-10)18-2/h3-8H,9H2,1-2H3,(H,16,17). The molecule has 2 rings (SSSR count). The van der Waals surface area contributed by atoms with Crippen LogP contribution in [-0.2, 0) is 6.54 Å². The zero-order chi connectivity index (χ0) is 13.8. The summed E-state index contributed by atoms with van der Waals surface area (Å²) in [6.45, 7) is 0.705. The van der Waals surface area contributed by atoms with Gasteiger partial charge in [-0.25, -0.2) is 4.79 Å². The van der Waals surface area contributed by atoms with E-state index in [0.717, 1.165) is 16.3 Å². The van der Waals surface area contributed by atoms with Crippen molar-refractivity contribution in [3.8, 4) is 5.75 Å². The Kier molecular flexibility index (Phi) is 4.06. The highest BCUT2D eigenvalue weighted by molar-refractivity contribution is 7.17. The molecule has 1 aromatic carbocycles. The Morgan fingerprint density at radius 3 is 2.79 bits per heavy atom. The van der Waals surface area contributed by atoms with Gasteiger partial charge in [0.1, 0.15) is 10.6 Å². The summed E-state index contributed by atoms with van der Waals surface area (Å²) in [5.74, 6) is -0.0608. The number of carbonyl (C=O) groups is 1. The SMILES string of the molecule is COc1cccc(CN(C)c2ccc(C(=O)O)s2)c1. The van der Waals surface area contributed by atoms with Crippen molar-refractivity contribution in [2.45, 2.75) is 6.54 Å². The maximum absolute atomic E-state index is 10.9. The molecule has 0 bridgehead atoms. The van der Waals surface area contributed by atoms with Gasteiger partial charge < -0.3 is 14.7 Å². The lowest BCUT2D eigenvalue weighted by Crippen LogP contribution is -2.14. The van der Waals surface area contributed by atoms with Crippen molar-refractivity contribution in [2.75, 3.05) is 19.1 Å². The number of hydrogen-bond donors (Lipinski definition) is 1. The highest BCUT2D eigenvalue weighted by Crippen LogP contribution is 2.26. The van der Waals surface area contributed by atoms with Crippen LogP contribution >= 0.6 is 11.3 Å². The van der Waals surface area contributed by atoms with Gasteiger partial charge >= 0.3 is 5.97 Å². The van der Waals surface area contributed by atoms with Crippen LogP contribution in [0.15, 0.2) is 36.4 Å². The molecular formula is C14H15NO3S. The largest absolute Gasteiger partial charge is 0.497 e. The smallest absolute Gasteiger partial charge is 0.345 e. The normalized spacial score (nSPS) is 10.2. The number of thiophene rings is 1. The highest BCUT2D eigenvalue weighted by Gasteiger charge is 2.10. The Balaban J connectivity index is 2.10. The predicted molar refractivity (Wildman–Crippen MR) is 76.4 cm³/mol. The van der Waals surface area contributed by atoms with E-state index in [1.807, 2.05) is 42.3 Å². The summed E-state index contributed by atoms with van der Waals surface area (Å²) in [6.07, 6.45) is 0. The Hall–Kier alpha value is -2.01. The average Bonchev–Trinajstić information content (AvgIpc) is 2.89. The van der Waals surface area contributed by atoms with E-state index in [0.29, 0.717) is 11.4 Å². The first kappa shape index (κ1) is 13.4. The second kappa shape index (κ2) is 5.75. The minimum atomic E-state index is -0.883. The molecule has 2 aromatic rings. The molecule has 0 atom stereocenters. The van der Waals surface area contributed by atoms with E-state index >= 15 is 0 Å². The van der Waals surface area contributed by atoms with Crippen molar-refractivity contribution in [2.24, 2.45) is 0 Å². The molecular weight excluding hydrogens is 262 g/mol. The summed E-state index contributed by atoms with van der Waals surface area (Å²) in [7, 11) is 3.58. The Morgan fingerprint density at radius 1 is 1.37 bits per heavy atom. The van der Waals surface area contributed by atoms with E-state index < -0.39 is 5.97 Å². The number of methoxy groups -OCH3 is 1. The van der Waals surface area contributed by atoms with Crippen LogP contribution in [-0.4, -0.2) is 25.2 Å². The molecule has 0 saturated carbocycles. The molecule has 0 unspecified atom stereocenters. The van der Waals surface area contributed by atoms with Crippen molar-refractivity contribution in [3.63, 3.8) is 0 Å². The third-order valence-electron chi connectivity index (χ3n) is 2.73. The molecule has 4 nitrogen and oxygen atoms in total. The molecule has 1 heterocycles. The zero-order valence-corrected chi connectivity index (χ0v) is 11.6. The number of hydrogen-bond acceptors (Lipinski definition) is 4. The average molecular weight is 277 g/mol. The number of ether oxygens (including phenoxy) is 1. The summed E-state index contributed by atoms with van der Waals surface area (Å²) in [6, 6.07) is 11.3. The van der Waals surface area contributed by atoms with Gasteiger partial charge in [-0.05, 0) is 29.8 Å². The summed E-state index contributed by atoms with van der Waals surface area (Å²) in [5, 5.41) is 9.84. The Labute approximate surface area is 115 Å². The molecule has 0 aliphatic carbocycles. The molecule has 19 heavy (non-hydrogen) atoms. The highest BCUT2D eigenvalue weighted by atomic mass is 32.1. The van der Waals surface area contributed by atoms with Gasteiger partial charge in [0.25, 0.3) is 0 Å². The van der Waals surface area contributed by atoms with Crippen molar-refractivity contribution in [1.82, 2.24) is 0 Å². The number of carboxylic acid groups (broad SMARTS) is 1. The Bertz CT molecular complexity index is 580. The number of anilines is 1. The lowest BCUT2D eigenvalue weighted by atomic mass is 10.2. The van der Waals surface area contributed by atoms with Crippen LogP contribution in [0.1, 0.15) is 15.2 Å². The van der Waals surface area contributed by atoms with Gasteiger partial charge in [0.05, 0.1) is 12.1 Å². The molecule has 0 saturated heterocycles. The van der Waals surface area contributed by atoms with Crippen LogP contribution in [0.2, 0.25) is 0 Å². The van der Waals surface area contributed by atoms with Crippen molar-refractivity contribution >= 4 is 22.3 Å². The number of rotatable bonds is 5. The first-order valence-electron chi connectivity index (χ1n) is 5.77. The monoisotopic (exact) mass is 277 g/mol. The van der Waals surface area contributed by atoms with Crippen LogP contribution in [0, 0.1) is 0 Å². The molecule has 0 radical (unpaired) electrons. The van der Waals surface area contributed by atoms with E-state index in [1.165, 1.54) is 11.3 Å². The number of aromatic carboxylic acids is 1. The van der Waals surface area contributed by atoms with Gasteiger partial charge in [0, 0.05) is 13.6 Å². The molecule has 0 aliphatic rings. The zero-order valence-electron chi connectivity index (χ0n) is 10.8. The second-order valence-corrected chi connectivity index (χ2v) is 5.21. The summed E-state index contributed by atoms with van der Waals surface area (Å²) in [4.78, 5) is 13.2. The van der Waals surface area contributed by atoms with Crippen LogP contribution in [0.4, 0.5) is 5.00 Å². The minimum absolute atomic E-state index is 0.354. The van der Waals surface area contributed by atoms with Gasteiger partial charge in [0.2, 0.25) is 0 Å². The van der Waals surface area contributed by atoms with Crippen molar-refractivity contribution in [3.05, 3.63) is 46.8 Å². The summed E-state index contributed by atoms with van der Waals surface area (Å²) < 4.78 is 5.18. The third-order valence-corrected chi connectivity index (χ3v) is 3.92. The lowest BCUT2D eigenvalue weighted by Gasteiger charge is -2.17. The van der Waals surface area contributed by atoms with Gasteiger partial charge in [-0.1, -0.05) is 12.1 Å². The molecule has 0 spiro atoms. The van der Waals surface area contributed by atoms with E-state index in [-0.39, 0.29) is 0 Å². The Morgan fingerprint density at radius 2 is 2.16 bits per heavy atom. The van der Waals surface area contributed by atoms with E-state index in [9.17, 15) is 4.79 Å². The predicted octanol–water partition coefficient (Wildman–Crippen LogP) is 3.09. The summed E-state index contributed by atoms with van der Waals surface area (Å²) >= 11 is 1.27. The lowest BCUT2D eigenvalue weighted by molar-refractivity contribution is 0.0702. The first-order valence-corrected chi connectivity index (χ1v) is 6.59. The fraction of sp³-hybridized carbons (Fsp3) is 0.214. The topological polar surface area (TPSA) is 49.8 Å². The quantitative estimate of drug-likeness (QED) is 0.912. The molecule has 1 aromatic heterocycles. The second-order valence-electron chi connectivity index (χ2n) is 4.15. The first-order chi connectivity index (χ1) is 9.10. The number of carboxylic acids is 1. The van der Waals surface area contributed by atoms with Crippen LogP contribution in [0.25, 0.3) is 0 Å².